The summed E-state index contributed by atoms with van der Waals surface area (Å²) in [6.45, 7) is 13.7. The van der Waals surface area contributed by atoms with Crippen molar-refractivity contribution in [2.75, 3.05) is 52.4 Å². The number of aromatic amines is 1. The Labute approximate surface area is 199 Å². The standard InChI is InChI=1S/C24H35N5O5/c1-5-33-24(32)20-17(4)34-23-21(20)22(31)25-18(26-23)13-27-6-8-28(9-7-27)14-19(30)29-11-15(2)10-16(3)12-29/h15-16H,5-14H2,1-4H3,(H,25,26,31). The van der Waals surface area contributed by atoms with Crippen LogP contribution >= 0.6 is 0 Å². The molecule has 1 N–H and O–H groups in total. The number of amides is 1. The highest BCUT2D eigenvalue weighted by Crippen LogP contribution is 2.23. The zero-order chi connectivity index (χ0) is 24.4. The van der Waals surface area contributed by atoms with Gasteiger partial charge in [-0.2, -0.15) is 4.98 Å². The summed E-state index contributed by atoms with van der Waals surface area (Å²) in [5, 5.41) is 0.129. The van der Waals surface area contributed by atoms with Crippen LogP contribution in [-0.4, -0.2) is 89.0 Å². The highest BCUT2D eigenvalue weighted by Gasteiger charge is 2.28. The van der Waals surface area contributed by atoms with Gasteiger partial charge in [0.15, 0.2) is 0 Å². The first-order chi connectivity index (χ1) is 16.2. The summed E-state index contributed by atoms with van der Waals surface area (Å²) in [5.41, 5.74) is -0.129. The Kier molecular flexibility index (Phi) is 7.37. The van der Waals surface area contributed by atoms with Gasteiger partial charge in [0.05, 0.1) is 19.7 Å². The second-order valence-corrected chi connectivity index (χ2v) is 9.74. The lowest BCUT2D eigenvalue weighted by molar-refractivity contribution is -0.135. The maximum absolute atomic E-state index is 12.8. The third-order valence-corrected chi connectivity index (χ3v) is 6.69. The molecule has 0 spiro atoms. The monoisotopic (exact) mass is 473 g/mol. The van der Waals surface area contributed by atoms with Crippen LogP contribution < -0.4 is 5.56 Å². The molecule has 0 bridgehead atoms. The highest BCUT2D eigenvalue weighted by molar-refractivity contribution is 6.03. The van der Waals surface area contributed by atoms with Crippen LogP contribution in [-0.2, 0) is 16.1 Å². The number of hydrogen-bond acceptors (Lipinski definition) is 8. The van der Waals surface area contributed by atoms with Gasteiger partial charge in [-0.3, -0.25) is 19.4 Å². The van der Waals surface area contributed by atoms with E-state index in [-0.39, 0.29) is 29.2 Å². The molecule has 34 heavy (non-hydrogen) atoms. The van der Waals surface area contributed by atoms with E-state index in [9.17, 15) is 14.4 Å². The maximum atomic E-state index is 12.8. The fourth-order valence-electron chi connectivity index (χ4n) is 5.16. The van der Waals surface area contributed by atoms with E-state index in [1.54, 1.807) is 13.8 Å². The molecule has 2 aromatic rings. The van der Waals surface area contributed by atoms with Crippen LogP contribution in [0.25, 0.3) is 11.1 Å². The first-order valence-electron chi connectivity index (χ1n) is 12.2. The molecule has 186 valence electrons. The van der Waals surface area contributed by atoms with Gasteiger partial charge in [-0.25, -0.2) is 4.79 Å². The third-order valence-electron chi connectivity index (χ3n) is 6.69. The minimum Gasteiger partial charge on any atom is -0.462 e. The zero-order valence-electron chi connectivity index (χ0n) is 20.6. The van der Waals surface area contributed by atoms with E-state index in [0.717, 1.165) is 39.3 Å². The van der Waals surface area contributed by atoms with E-state index >= 15 is 0 Å². The van der Waals surface area contributed by atoms with Crippen LogP contribution in [0.5, 0.6) is 0 Å². The molecular formula is C24H35N5O5. The third kappa shape index (κ3) is 5.33. The molecule has 4 rings (SSSR count). The molecule has 2 aliphatic rings. The van der Waals surface area contributed by atoms with Crippen LogP contribution in [0.4, 0.5) is 0 Å². The summed E-state index contributed by atoms with van der Waals surface area (Å²) in [6, 6.07) is 0. The van der Waals surface area contributed by atoms with Gasteiger partial charge in [-0.05, 0) is 32.1 Å². The van der Waals surface area contributed by atoms with E-state index in [1.807, 2.05) is 4.90 Å². The fourth-order valence-corrected chi connectivity index (χ4v) is 5.16. The topological polar surface area (TPSA) is 112 Å². The predicted octanol–water partition coefficient (Wildman–Crippen LogP) is 1.62. The largest absolute Gasteiger partial charge is 0.462 e. The average Bonchev–Trinajstić information content (AvgIpc) is 3.11. The minimum atomic E-state index is -0.585. The molecule has 1 amide bonds. The van der Waals surface area contributed by atoms with Gasteiger partial charge < -0.3 is 19.0 Å². The zero-order valence-corrected chi connectivity index (χ0v) is 20.6. The summed E-state index contributed by atoms with van der Waals surface area (Å²) in [6.07, 6.45) is 1.19. The summed E-state index contributed by atoms with van der Waals surface area (Å²) >= 11 is 0. The van der Waals surface area contributed by atoms with Gasteiger partial charge in [0.1, 0.15) is 22.5 Å². The molecule has 2 aliphatic heterocycles. The number of nitrogens with one attached hydrogen (secondary N) is 1. The first-order valence-corrected chi connectivity index (χ1v) is 12.2. The number of carbonyl (C=O) groups is 2. The number of aromatic nitrogens is 2. The van der Waals surface area contributed by atoms with E-state index in [0.29, 0.717) is 36.5 Å². The Balaban J connectivity index is 1.35. The number of aryl methyl sites for hydroxylation is 1. The first kappa shape index (κ1) is 24.4. The van der Waals surface area contributed by atoms with Gasteiger partial charge >= 0.3 is 5.97 Å². The Morgan fingerprint density at radius 1 is 1.12 bits per heavy atom. The van der Waals surface area contributed by atoms with Crippen molar-refractivity contribution in [3.05, 3.63) is 27.5 Å². The number of fused-ring (bicyclic) bond motifs is 1. The number of piperidine rings is 1. The van der Waals surface area contributed by atoms with Crippen molar-refractivity contribution in [3.8, 4) is 0 Å². The van der Waals surface area contributed by atoms with Crippen LogP contribution in [0.1, 0.15) is 49.1 Å². The van der Waals surface area contributed by atoms with Crippen molar-refractivity contribution in [3.63, 3.8) is 0 Å². The lowest BCUT2D eigenvalue weighted by atomic mass is 9.92. The summed E-state index contributed by atoms with van der Waals surface area (Å²) < 4.78 is 10.7. The fraction of sp³-hybridized carbons (Fsp3) is 0.667. The molecule has 0 saturated carbocycles. The van der Waals surface area contributed by atoms with Gasteiger partial charge in [0.2, 0.25) is 11.6 Å². The minimum absolute atomic E-state index is 0.129. The molecule has 10 nitrogen and oxygen atoms in total. The van der Waals surface area contributed by atoms with Crippen molar-refractivity contribution >= 4 is 23.0 Å². The number of likely N-dealkylation sites (tertiary alicyclic amines) is 1. The number of rotatable bonds is 6. The van der Waals surface area contributed by atoms with E-state index < -0.39 is 11.5 Å². The highest BCUT2D eigenvalue weighted by atomic mass is 16.5. The summed E-state index contributed by atoms with van der Waals surface area (Å²) in [4.78, 5) is 51.4. The second-order valence-electron chi connectivity index (χ2n) is 9.74. The number of H-pyrrole nitrogens is 1. The second kappa shape index (κ2) is 10.3. The molecule has 0 aromatic carbocycles. The lowest BCUT2D eigenvalue weighted by Gasteiger charge is -2.38. The molecule has 0 radical (unpaired) electrons. The molecule has 0 aliphatic carbocycles. The number of carbonyl (C=O) groups excluding carboxylic acids is 2. The lowest BCUT2D eigenvalue weighted by Crippen LogP contribution is -2.51. The number of ether oxygens (including phenoxy) is 1. The number of esters is 1. The SMILES string of the molecule is CCOC(=O)c1c(C)oc2nc(CN3CCN(CC(=O)N4CC(C)CC(C)C4)CC3)[nH]c(=O)c12. The van der Waals surface area contributed by atoms with E-state index in [2.05, 4.69) is 33.6 Å². The summed E-state index contributed by atoms with van der Waals surface area (Å²) in [5.74, 6) is 1.56. The van der Waals surface area contributed by atoms with Crippen LogP contribution in [0.15, 0.2) is 9.21 Å². The van der Waals surface area contributed by atoms with Crippen molar-refractivity contribution in [1.29, 1.82) is 0 Å². The van der Waals surface area contributed by atoms with E-state index in [1.165, 1.54) is 6.42 Å². The smallest absolute Gasteiger partial charge is 0.342 e. The van der Waals surface area contributed by atoms with Crippen molar-refractivity contribution in [2.24, 2.45) is 11.8 Å². The molecule has 2 unspecified atom stereocenters. The van der Waals surface area contributed by atoms with Crippen LogP contribution in [0.2, 0.25) is 0 Å². The molecular weight excluding hydrogens is 438 g/mol. The van der Waals surface area contributed by atoms with Crippen molar-refractivity contribution in [2.45, 2.75) is 40.7 Å². The van der Waals surface area contributed by atoms with Gasteiger partial charge in [-0.15, -0.1) is 0 Å². The number of nitrogens with zero attached hydrogens (tertiary/aromatic N) is 4. The average molecular weight is 474 g/mol. The van der Waals surface area contributed by atoms with E-state index in [4.69, 9.17) is 9.15 Å². The van der Waals surface area contributed by atoms with Crippen LogP contribution in [0.3, 0.4) is 0 Å². The Hall–Kier alpha value is -2.72. The predicted molar refractivity (Wildman–Crippen MR) is 127 cm³/mol. The number of hydrogen-bond donors (Lipinski definition) is 1. The van der Waals surface area contributed by atoms with Gasteiger partial charge in [0, 0.05) is 39.3 Å². The Morgan fingerprint density at radius 3 is 2.41 bits per heavy atom. The summed E-state index contributed by atoms with van der Waals surface area (Å²) in [7, 11) is 0. The molecule has 2 atom stereocenters. The molecule has 10 heteroatoms. The van der Waals surface area contributed by atoms with Crippen LogP contribution in [0, 0.1) is 18.8 Å². The quantitative estimate of drug-likeness (QED) is 0.630. The molecule has 4 heterocycles. The number of furan rings is 1. The Morgan fingerprint density at radius 2 is 1.76 bits per heavy atom. The van der Waals surface area contributed by atoms with Gasteiger partial charge in [-0.1, -0.05) is 13.8 Å². The Bertz CT molecular complexity index is 1090. The maximum Gasteiger partial charge on any atom is 0.342 e. The van der Waals surface area contributed by atoms with Gasteiger partial charge in [0.25, 0.3) is 5.56 Å². The van der Waals surface area contributed by atoms with Crippen molar-refractivity contribution < 1.29 is 18.7 Å². The molecule has 2 fully saturated rings. The van der Waals surface area contributed by atoms with Crippen molar-refractivity contribution in [1.82, 2.24) is 24.7 Å². The number of piperazine rings is 1. The molecule has 2 saturated heterocycles. The normalized spacial score (nSPS) is 22.3. The molecule has 2 aromatic heterocycles.